The number of hydrogen-bond donors (Lipinski definition) is 0. The van der Waals surface area contributed by atoms with E-state index in [1.54, 1.807) is 0 Å². The van der Waals surface area contributed by atoms with E-state index in [9.17, 15) is 10.5 Å². The van der Waals surface area contributed by atoms with Gasteiger partial charge in [0, 0.05) is 11.1 Å². The molecule has 0 bridgehead atoms. The van der Waals surface area contributed by atoms with Crippen LogP contribution >= 0.6 is 0 Å². The van der Waals surface area contributed by atoms with Crippen LogP contribution in [0, 0.1) is 22.7 Å². The van der Waals surface area contributed by atoms with Crippen LogP contribution in [0.1, 0.15) is 62.6 Å². The highest BCUT2D eigenvalue weighted by molar-refractivity contribution is 5.82. The van der Waals surface area contributed by atoms with E-state index in [1.807, 2.05) is 36.4 Å². The van der Waals surface area contributed by atoms with Crippen molar-refractivity contribution in [1.82, 2.24) is 0 Å². The molecule has 0 fully saturated rings. The molecule has 3 aromatic rings. The lowest BCUT2D eigenvalue weighted by Crippen LogP contribution is -1.96. The first-order chi connectivity index (χ1) is 15.7. The minimum absolute atomic E-state index is 0.413. The van der Waals surface area contributed by atoms with Crippen LogP contribution in [-0.4, -0.2) is 6.61 Å². The molecule has 0 unspecified atom stereocenters. The van der Waals surface area contributed by atoms with Gasteiger partial charge in [0.2, 0.25) is 0 Å². The van der Waals surface area contributed by atoms with Gasteiger partial charge in [-0.1, -0.05) is 81.6 Å². The van der Waals surface area contributed by atoms with Gasteiger partial charge in [0.05, 0.1) is 17.7 Å². The minimum atomic E-state index is 0.413. The van der Waals surface area contributed by atoms with Crippen LogP contribution in [0.3, 0.4) is 0 Å². The average Bonchev–Trinajstić information content (AvgIpc) is 2.85. The third-order valence-electron chi connectivity index (χ3n) is 5.65. The van der Waals surface area contributed by atoms with E-state index in [0.29, 0.717) is 17.7 Å². The monoisotopic (exact) mass is 422 g/mol. The van der Waals surface area contributed by atoms with Crippen LogP contribution in [-0.2, 0) is 6.42 Å². The van der Waals surface area contributed by atoms with E-state index in [2.05, 4.69) is 50.3 Å². The second-order valence-corrected chi connectivity index (χ2v) is 8.01. The number of nitriles is 2. The maximum atomic E-state index is 9.90. The third kappa shape index (κ3) is 5.57. The van der Waals surface area contributed by atoms with Crippen molar-refractivity contribution in [1.29, 1.82) is 10.5 Å². The quantitative estimate of drug-likeness (QED) is 0.315. The molecule has 0 spiro atoms. The van der Waals surface area contributed by atoms with E-state index >= 15 is 0 Å². The molecule has 3 aromatic carbocycles. The van der Waals surface area contributed by atoms with E-state index in [-0.39, 0.29) is 0 Å². The summed E-state index contributed by atoms with van der Waals surface area (Å²) in [6.45, 7) is 4.96. The standard InChI is InChI=1S/C29H30N2O/c1-3-5-6-7-8-22-9-11-23(12-10-22)26-17-18-27(29(21-31)28(26)20-30)24-13-15-25(16-14-24)32-19-4-2/h9-18H,3-8,19H2,1-2H3. The molecule has 3 heteroatoms. The van der Waals surface area contributed by atoms with Gasteiger partial charge in [0.1, 0.15) is 17.9 Å². The highest BCUT2D eigenvalue weighted by Gasteiger charge is 2.16. The molecule has 0 heterocycles. The number of rotatable bonds is 10. The van der Waals surface area contributed by atoms with Gasteiger partial charge in [-0.3, -0.25) is 0 Å². The van der Waals surface area contributed by atoms with Crippen molar-refractivity contribution in [3.63, 3.8) is 0 Å². The number of unbranched alkanes of at least 4 members (excludes halogenated alkanes) is 3. The van der Waals surface area contributed by atoms with Crippen LogP contribution in [0.15, 0.2) is 60.7 Å². The number of hydrogen-bond acceptors (Lipinski definition) is 3. The Labute approximate surface area is 191 Å². The lowest BCUT2D eigenvalue weighted by atomic mass is 9.90. The van der Waals surface area contributed by atoms with Gasteiger partial charge in [0.15, 0.2) is 0 Å². The molecule has 0 radical (unpaired) electrons. The first kappa shape index (κ1) is 23.1. The predicted octanol–water partition coefficient (Wildman–Crippen LogP) is 7.68. The highest BCUT2D eigenvalue weighted by Crippen LogP contribution is 2.34. The van der Waals surface area contributed by atoms with Gasteiger partial charge < -0.3 is 4.74 Å². The van der Waals surface area contributed by atoms with Crippen molar-refractivity contribution in [3.05, 3.63) is 77.4 Å². The topological polar surface area (TPSA) is 56.8 Å². The first-order valence-corrected chi connectivity index (χ1v) is 11.5. The fourth-order valence-corrected chi connectivity index (χ4v) is 3.87. The smallest absolute Gasteiger partial charge is 0.119 e. The van der Waals surface area contributed by atoms with E-state index in [4.69, 9.17) is 4.74 Å². The predicted molar refractivity (Wildman–Crippen MR) is 130 cm³/mol. The SMILES string of the molecule is CCCCCCc1ccc(-c2ccc(-c3ccc(OCCC)cc3)c(C#N)c2C#N)cc1. The summed E-state index contributed by atoms with van der Waals surface area (Å²) >= 11 is 0. The van der Waals surface area contributed by atoms with Crippen molar-refractivity contribution in [3.8, 4) is 40.1 Å². The van der Waals surface area contributed by atoms with Gasteiger partial charge in [-0.25, -0.2) is 0 Å². The molecule has 0 saturated heterocycles. The molecule has 0 aliphatic rings. The average molecular weight is 423 g/mol. The molecule has 3 nitrogen and oxygen atoms in total. The van der Waals surface area contributed by atoms with E-state index in [0.717, 1.165) is 40.8 Å². The Morgan fingerprint density at radius 2 is 1.22 bits per heavy atom. The van der Waals surface area contributed by atoms with Gasteiger partial charge in [-0.2, -0.15) is 10.5 Å². The first-order valence-electron chi connectivity index (χ1n) is 11.5. The van der Waals surface area contributed by atoms with E-state index in [1.165, 1.54) is 31.2 Å². The largest absolute Gasteiger partial charge is 0.494 e. The summed E-state index contributed by atoms with van der Waals surface area (Å²) in [5.41, 5.74) is 5.57. The van der Waals surface area contributed by atoms with Crippen LogP contribution in [0.2, 0.25) is 0 Å². The Kier molecular flexibility index (Phi) is 8.47. The van der Waals surface area contributed by atoms with Gasteiger partial charge in [0.25, 0.3) is 0 Å². The van der Waals surface area contributed by atoms with Crippen LogP contribution < -0.4 is 4.74 Å². The Bertz CT molecular complexity index is 1100. The fraction of sp³-hybridized carbons (Fsp3) is 0.310. The number of benzene rings is 3. The molecule has 0 saturated carbocycles. The molecule has 0 aliphatic carbocycles. The molecule has 0 aliphatic heterocycles. The van der Waals surface area contributed by atoms with Crippen molar-refractivity contribution >= 4 is 0 Å². The zero-order chi connectivity index (χ0) is 22.8. The summed E-state index contributed by atoms with van der Waals surface area (Å²) in [6, 6.07) is 24.5. The second-order valence-electron chi connectivity index (χ2n) is 8.01. The number of aryl methyl sites for hydroxylation is 1. The van der Waals surface area contributed by atoms with Gasteiger partial charge >= 0.3 is 0 Å². The van der Waals surface area contributed by atoms with Gasteiger partial charge in [-0.15, -0.1) is 0 Å². The molecule has 162 valence electrons. The summed E-state index contributed by atoms with van der Waals surface area (Å²) in [5.74, 6) is 0.806. The third-order valence-corrected chi connectivity index (χ3v) is 5.65. The Morgan fingerprint density at radius 1 is 0.656 bits per heavy atom. The molecular weight excluding hydrogens is 392 g/mol. The molecule has 0 N–H and O–H groups in total. The van der Waals surface area contributed by atoms with Gasteiger partial charge in [-0.05, 0) is 48.1 Å². The molecule has 32 heavy (non-hydrogen) atoms. The highest BCUT2D eigenvalue weighted by atomic mass is 16.5. The maximum absolute atomic E-state index is 9.90. The second kappa shape index (κ2) is 11.7. The van der Waals surface area contributed by atoms with Crippen molar-refractivity contribution < 1.29 is 4.74 Å². The zero-order valence-electron chi connectivity index (χ0n) is 19.0. The van der Waals surface area contributed by atoms with Crippen LogP contribution in [0.5, 0.6) is 5.75 Å². The lowest BCUT2D eigenvalue weighted by molar-refractivity contribution is 0.317. The molecular formula is C29H30N2O. The van der Waals surface area contributed by atoms with E-state index < -0.39 is 0 Å². The maximum Gasteiger partial charge on any atom is 0.119 e. The Balaban J connectivity index is 1.88. The van der Waals surface area contributed by atoms with Crippen LogP contribution in [0.4, 0.5) is 0 Å². The summed E-state index contributed by atoms with van der Waals surface area (Å²) in [7, 11) is 0. The van der Waals surface area contributed by atoms with Crippen LogP contribution in [0.25, 0.3) is 22.3 Å². The fourth-order valence-electron chi connectivity index (χ4n) is 3.87. The number of ether oxygens (including phenoxy) is 1. The molecule has 0 aromatic heterocycles. The summed E-state index contributed by atoms with van der Waals surface area (Å²) in [5, 5.41) is 19.8. The summed E-state index contributed by atoms with van der Waals surface area (Å²) < 4.78 is 5.65. The molecule has 0 amide bonds. The van der Waals surface area contributed by atoms with Crippen molar-refractivity contribution in [2.24, 2.45) is 0 Å². The molecule has 0 atom stereocenters. The normalized spacial score (nSPS) is 10.4. The summed E-state index contributed by atoms with van der Waals surface area (Å²) in [4.78, 5) is 0. The Hall–Kier alpha value is -3.56. The Morgan fingerprint density at radius 3 is 1.72 bits per heavy atom. The van der Waals surface area contributed by atoms with Crippen molar-refractivity contribution in [2.45, 2.75) is 52.4 Å². The number of nitrogens with zero attached hydrogens (tertiary/aromatic N) is 2. The molecule has 3 rings (SSSR count). The minimum Gasteiger partial charge on any atom is -0.494 e. The summed E-state index contributed by atoms with van der Waals surface area (Å²) in [6.07, 6.45) is 7.01. The van der Waals surface area contributed by atoms with Crippen molar-refractivity contribution in [2.75, 3.05) is 6.61 Å². The zero-order valence-corrected chi connectivity index (χ0v) is 19.0. The lowest BCUT2D eigenvalue weighted by Gasteiger charge is -2.12.